The van der Waals surface area contributed by atoms with Gasteiger partial charge in [0.15, 0.2) is 29.7 Å². The van der Waals surface area contributed by atoms with Crippen LogP contribution in [0.4, 0.5) is 9.18 Å². The third-order valence-corrected chi connectivity index (χ3v) is 3.67. The number of fused-ring (bicyclic) bond motifs is 1. The van der Waals surface area contributed by atoms with Crippen molar-refractivity contribution in [2.24, 2.45) is 25.7 Å². The molecule has 24 heavy (non-hydrogen) atoms. The maximum absolute atomic E-state index is 14.4. The minimum Gasteiger partial charge on any atom is -0.450 e. The van der Waals surface area contributed by atoms with Crippen molar-refractivity contribution in [3.8, 4) is 0 Å². The summed E-state index contributed by atoms with van der Waals surface area (Å²) in [4.78, 5) is 26.2. The number of ether oxygens (including phenoxy) is 3. The van der Waals surface area contributed by atoms with Crippen molar-refractivity contribution in [1.82, 2.24) is 0 Å². The highest BCUT2D eigenvalue weighted by atomic mass is 19.1. The molecule has 3 heterocycles. The average Bonchev–Trinajstić information content (AvgIpc) is 3.12. The monoisotopic (exact) mass is 343 g/mol. The molecule has 0 saturated carbocycles. The zero-order chi connectivity index (χ0) is 17.5. The van der Waals surface area contributed by atoms with Gasteiger partial charge in [0.1, 0.15) is 25.2 Å². The Morgan fingerprint density at radius 3 is 3.00 bits per heavy atom. The Labute approximate surface area is 134 Å². The summed E-state index contributed by atoms with van der Waals surface area (Å²) in [6.07, 6.45) is -6.49. The van der Waals surface area contributed by atoms with Crippen LogP contribution in [0.1, 0.15) is 0 Å². The Bertz CT molecular complexity index is 679. The highest BCUT2D eigenvalue weighted by Gasteiger charge is 2.50. The molecule has 0 aromatic carbocycles. The van der Waals surface area contributed by atoms with E-state index in [2.05, 4.69) is 24.7 Å². The fraction of sp³-hybridized carbons (Fsp3) is 0.583. The van der Waals surface area contributed by atoms with Crippen molar-refractivity contribution < 1.29 is 33.6 Å². The molecule has 12 heteroatoms. The summed E-state index contributed by atoms with van der Waals surface area (Å²) in [6.45, 7) is -0.541. The first-order valence-electron chi connectivity index (χ1n) is 6.82. The molecule has 1 unspecified atom stereocenters. The number of nitrogens with zero attached hydrogens (tertiary/aromatic N) is 4. The van der Waals surface area contributed by atoms with E-state index in [1.807, 2.05) is 0 Å². The van der Waals surface area contributed by atoms with Crippen molar-refractivity contribution >= 4 is 29.9 Å². The number of methoxy groups -OCH3 is 1. The van der Waals surface area contributed by atoms with Crippen molar-refractivity contribution in [3.63, 3.8) is 0 Å². The number of rotatable bonds is 4. The second-order valence-corrected chi connectivity index (χ2v) is 5.14. The topological polar surface area (TPSA) is 161 Å². The van der Waals surface area contributed by atoms with Crippen LogP contribution in [0.25, 0.3) is 0 Å². The highest BCUT2D eigenvalue weighted by Crippen LogP contribution is 2.29. The van der Waals surface area contributed by atoms with Crippen LogP contribution in [0.15, 0.2) is 20.0 Å². The summed E-state index contributed by atoms with van der Waals surface area (Å²) in [5, 5.41) is 18.3. The summed E-state index contributed by atoms with van der Waals surface area (Å²) in [7, 11) is 1.28. The third kappa shape index (κ3) is 2.69. The molecule has 130 valence electrons. The fourth-order valence-corrected chi connectivity index (χ4v) is 2.44. The lowest BCUT2D eigenvalue weighted by molar-refractivity contribution is -0.0239. The van der Waals surface area contributed by atoms with Crippen LogP contribution in [0.2, 0.25) is 0 Å². The minimum atomic E-state index is -1.92. The van der Waals surface area contributed by atoms with Crippen LogP contribution in [0.3, 0.4) is 0 Å². The lowest BCUT2D eigenvalue weighted by atomic mass is 10.1. The van der Waals surface area contributed by atoms with Crippen LogP contribution >= 0.6 is 0 Å². The molecule has 1 fully saturated rings. The van der Waals surface area contributed by atoms with Crippen LogP contribution in [-0.4, -0.2) is 84.1 Å². The average molecular weight is 343 g/mol. The van der Waals surface area contributed by atoms with Gasteiger partial charge in [-0.05, 0) is 0 Å². The molecule has 0 aromatic heterocycles. The molecule has 0 aliphatic carbocycles. The number of hydrogen-bond donors (Lipinski definition) is 3. The largest absolute Gasteiger partial charge is 0.505 e. The molecule has 3 aliphatic rings. The molecule has 0 bridgehead atoms. The standard InChI is InChI=1S/C12H14FN5O6/c1-22-12(14)8-10(16-3-15-8)17-9(18-12)7-5(13)6(19)4(24-7)2-23-11(20)21/h3-7,19H,2,14H2,1H3,(H,20,21)/t4-,5+,6-,7-,12?/m1/s1. The normalized spacial score (nSPS) is 37.6. The molecular formula is C12H14FN5O6. The number of carbonyl (C=O) groups is 1. The summed E-state index contributed by atoms with van der Waals surface area (Å²) in [6, 6.07) is 0. The number of aliphatic hydroxyl groups excluding tert-OH is 1. The van der Waals surface area contributed by atoms with Gasteiger partial charge in [0.05, 0.1) is 0 Å². The van der Waals surface area contributed by atoms with Gasteiger partial charge in [-0.1, -0.05) is 0 Å². The Hall–Kier alpha value is -2.28. The van der Waals surface area contributed by atoms with Crippen molar-refractivity contribution in [2.75, 3.05) is 13.7 Å². The zero-order valence-electron chi connectivity index (χ0n) is 12.4. The lowest BCUT2D eigenvalue weighted by Crippen LogP contribution is -2.54. The van der Waals surface area contributed by atoms with Crippen molar-refractivity contribution in [2.45, 2.75) is 30.3 Å². The van der Waals surface area contributed by atoms with E-state index in [1.165, 1.54) is 13.4 Å². The van der Waals surface area contributed by atoms with Gasteiger partial charge in [-0.2, -0.15) is 0 Å². The highest BCUT2D eigenvalue weighted by molar-refractivity contribution is 6.50. The first kappa shape index (κ1) is 16.6. The number of halogens is 1. The molecule has 0 spiro atoms. The molecule has 1 saturated heterocycles. The van der Waals surface area contributed by atoms with Gasteiger partial charge in [-0.3, -0.25) is 5.73 Å². The van der Waals surface area contributed by atoms with Crippen LogP contribution in [-0.2, 0) is 14.2 Å². The van der Waals surface area contributed by atoms with E-state index in [0.717, 1.165) is 0 Å². The second kappa shape index (κ2) is 5.98. The van der Waals surface area contributed by atoms with Gasteiger partial charge in [-0.25, -0.2) is 29.2 Å². The molecule has 11 nitrogen and oxygen atoms in total. The minimum absolute atomic E-state index is 0.0971. The Morgan fingerprint density at radius 1 is 1.58 bits per heavy atom. The van der Waals surface area contributed by atoms with Gasteiger partial charge in [0.2, 0.25) is 0 Å². The van der Waals surface area contributed by atoms with Crippen molar-refractivity contribution in [3.05, 3.63) is 0 Å². The number of aliphatic imine (C=N–C) groups is 4. The number of nitrogens with two attached hydrogens (primary N) is 1. The molecule has 0 amide bonds. The first-order chi connectivity index (χ1) is 11.4. The van der Waals surface area contributed by atoms with Crippen LogP contribution in [0.5, 0.6) is 0 Å². The molecule has 4 N–H and O–H groups in total. The predicted molar refractivity (Wildman–Crippen MR) is 78.3 cm³/mol. The Balaban J connectivity index is 1.84. The SMILES string of the molecule is COC1(N)N=C([C@@H]2O[C@H](COC(=O)O)[C@@H](O)[C@@H]2F)N=C2N=CN=C21. The lowest BCUT2D eigenvalue weighted by Gasteiger charge is -2.28. The first-order valence-corrected chi connectivity index (χ1v) is 6.82. The quantitative estimate of drug-likeness (QED) is 0.422. The van der Waals surface area contributed by atoms with Crippen molar-refractivity contribution in [1.29, 1.82) is 0 Å². The van der Waals surface area contributed by atoms with Gasteiger partial charge in [0.25, 0.3) is 5.85 Å². The van der Waals surface area contributed by atoms with E-state index in [4.69, 9.17) is 20.3 Å². The smallest absolute Gasteiger partial charge is 0.450 e. The van der Waals surface area contributed by atoms with Crippen LogP contribution in [0, 0.1) is 0 Å². The Kier molecular flexibility index (Phi) is 4.13. The van der Waals surface area contributed by atoms with Gasteiger partial charge in [0, 0.05) is 7.11 Å². The van der Waals surface area contributed by atoms with E-state index < -0.39 is 43.1 Å². The summed E-state index contributed by atoms with van der Waals surface area (Å²) in [5.41, 5.74) is 6.13. The molecule has 5 atom stereocenters. The van der Waals surface area contributed by atoms with Crippen LogP contribution < -0.4 is 5.73 Å². The molecule has 3 rings (SSSR count). The predicted octanol–water partition coefficient (Wildman–Crippen LogP) is -1.30. The fourth-order valence-electron chi connectivity index (χ4n) is 2.44. The molecule has 0 radical (unpaired) electrons. The van der Waals surface area contributed by atoms with E-state index in [1.54, 1.807) is 0 Å². The summed E-state index contributed by atoms with van der Waals surface area (Å²) in [5.74, 6) is -1.80. The van der Waals surface area contributed by atoms with Gasteiger partial charge in [-0.15, -0.1) is 0 Å². The maximum Gasteiger partial charge on any atom is 0.505 e. The summed E-state index contributed by atoms with van der Waals surface area (Å²) < 4.78 is 29.1. The van der Waals surface area contributed by atoms with Gasteiger partial charge < -0.3 is 24.4 Å². The zero-order valence-corrected chi connectivity index (χ0v) is 12.4. The Morgan fingerprint density at radius 2 is 2.33 bits per heavy atom. The number of amidine groups is 2. The van der Waals surface area contributed by atoms with E-state index in [9.17, 15) is 14.3 Å². The van der Waals surface area contributed by atoms with Gasteiger partial charge >= 0.3 is 6.16 Å². The van der Waals surface area contributed by atoms with E-state index in [0.29, 0.717) is 0 Å². The number of hydrogen-bond acceptors (Lipinski definition) is 10. The summed E-state index contributed by atoms with van der Waals surface area (Å²) >= 11 is 0. The van der Waals surface area contributed by atoms with E-state index >= 15 is 0 Å². The third-order valence-electron chi connectivity index (χ3n) is 3.67. The molecular weight excluding hydrogens is 329 g/mol. The molecule has 3 aliphatic heterocycles. The maximum atomic E-state index is 14.4. The van der Waals surface area contributed by atoms with E-state index in [-0.39, 0.29) is 17.4 Å². The molecule has 0 aromatic rings. The number of alkyl halides is 1. The number of aliphatic hydroxyl groups is 1. The number of carboxylic acid groups (broad SMARTS) is 1. The second-order valence-electron chi connectivity index (χ2n) is 5.14.